The second-order valence-corrected chi connectivity index (χ2v) is 4.71. The first-order chi connectivity index (χ1) is 10.3. The minimum Gasteiger partial charge on any atom is -0.373 e. The molecule has 3 rings (SSSR count). The summed E-state index contributed by atoms with van der Waals surface area (Å²) in [6.07, 6.45) is 4.28. The number of pyridine rings is 1. The van der Waals surface area contributed by atoms with E-state index in [0.717, 1.165) is 28.5 Å². The first-order valence-electron chi connectivity index (χ1n) is 6.85. The minimum absolute atomic E-state index is 0.670. The second-order valence-electron chi connectivity index (χ2n) is 4.71. The maximum atomic E-state index is 4.67. The van der Waals surface area contributed by atoms with Crippen molar-refractivity contribution in [2.24, 2.45) is 0 Å². The zero-order chi connectivity index (χ0) is 14.5. The molecule has 4 heteroatoms. The van der Waals surface area contributed by atoms with Crippen LogP contribution in [0.15, 0.2) is 60.9 Å². The van der Waals surface area contributed by atoms with Crippen LogP contribution in [0.2, 0.25) is 0 Å². The highest BCUT2D eigenvalue weighted by Gasteiger charge is 2.07. The van der Waals surface area contributed by atoms with E-state index in [1.807, 2.05) is 49.6 Å². The monoisotopic (exact) mass is 276 g/mol. The van der Waals surface area contributed by atoms with Crippen molar-refractivity contribution in [3.8, 4) is 11.3 Å². The topological polar surface area (TPSA) is 50.7 Å². The van der Waals surface area contributed by atoms with Crippen LogP contribution in [0.25, 0.3) is 11.3 Å². The Bertz CT molecular complexity index is 711. The third-order valence-electron chi connectivity index (χ3n) is 3.18. The Morgan fingerprint density at radius 2 is 1.86 bits per heavy atom. The summed E-state index contributed by atoms with van der Waals surface area (Å²) in [5.41, 5.74) is 3.11. The molecule has 2 heterocycles. The highest BCUT2D eigenvalue weighted by Crippen LogP contribution is 2.20. The number of hydrogen-bond donors (Lipinski definition) is 1. The summed E-state index contributed by atoms with van der Waals surface area (Å²) >= 11 is 0. The van der Waals surface area contributed by atoms with Gasteiger partial charge in [0, 0.05) is 37.5 Å². The highest BCUT2D eigenvalue weighted by molar-refractivity contribution is 5.62. The summed E-state index contributed by atoms with van der Waals surface area (Å²) < 4.78 is 0. The molecule has 3 aromatic rings. The van der Waals surface area contributed by atoms with Gasteiger partial charge in [0.2, 0.25) is 0 Å². The Morgan fingerprint density at radius 1 is 1.00 bits per heavy atom. The second kappa shape index (κ2) is 6.13. The molecule has 104 valence electrons. The SMILES string of the molecule is CNc1cc(-c2ccccc2)nc(Cc2cccnc2)n1. The Morgan fingerprint density at radius 3 is 2.57 bits per heavy atom. The van der Waals surface area contributed by atoms with Gasteiger partial charge in [0.25, 0.3) is 0 Å². The molecule has 4 nitrogen and oxygen atoms in total. The first-order valence-corrected chi connectivity index (χ1v) is 6.85. The van der Waals surface area contributed by atoms with Gasteiger partial charge < -0.3 is 5.32 Å². The number of benzene rings is 1. The lowest BCUT2D eigenvalue weighted by Crippen LogP contribution is -2.02. The molecular formula is C17H16N4. The predicted octanol–water partition coefficient (Wildman–Crippen LogP) is 3.17. The number of rotatable bonds is 4. The van der Waals surface area contributed by atoms with Crippen molar-refractivity contribution >= 4 is 5.82 Å². The van der Waals surface area contributed by atoms with Crippen LogP contribution in [0.3, 0.4) is 0 Å². The largest absolute Gasteiger partial charge is 0.373 e. The van der Waals surface area contributed by atoms with E-state index in [0.29, 0.717) is 6.42 Å². The highest BCUT2D eigenvalue weighted by atomic mass is 15.0. The smallest absolute Gasteiger partial charge is 0.135 e. The normalized spacial score (nSPS) is 10.3. The average Bonchev–Trinajstić information content (AvgIpc) is 2.56. The molecular weight excluding hydrogens is 260 g/mol. The van der Waals surface area contributed by atoms with Gasteiger partial charge in [0.15, 0.2) is 0 Å². The summed E-state index contributed by atoms with van der Waals surface area (Å²) in [6, 6.07) is 16.0. The maximum Gasteiger partial charge on any atom is 0.135 e. The molecule has 0 spiro atoms. The molecule has 1 aromatic carbocycles. The zero-order valence-corrected chi connectivity index (χ0v) is 11.8. The van der Waals surface area contributed by atoms with Crippen molar-refractivity contribution in [1.29, 1.82) is 0 Å². The van der Waals surface area contributed by atoms with Crippen molar-refractivity contribution in [3.05, 3.63) is 72.3 Å². The number of nitrogens with one attached hydrogen (secondary N) is 1. The maximum absolute atomic E-state index is 4.67. The van der Waals surface area contributed by atoms with E-state index in [1.54, 1.807) is 6.20 Å². The summed E-state index contributed by atoms with van der Waals surface area (Å²) in [7, 11) is 1.87. The molecule has 0 aliphatic heterocycles. The van der Waals surface area contributed by atoms with E-state index in [9.17, 15) is 0 Å². The van der Waals surface area contributed by atoms with Crippen LogP contribution in [-0.4, -0.2) is 22.0 Å². The molecule has 1 N–H and O–H groups in total. The molecule has 0 saturated carbocycles. The molecule has 2 aromatic heterocycles. The van der Waals surface area contributed by atoms with Gasteiger partial charge in [0.1, 0.15) is 11.6 Å². The van der Waals surface area contributed by atoms with Gasteiger partial charge in [-0.2, -0.15) is 0 Å². The Kier molecular flexibility index (Phi) is 3.87. The summed E-state index contributed by atoms with van der Waals surface area (Å²) in [6.45, 7) is 0. The number of nitrogens with zero attached hydrogens (tertiary/aromatic N) is 3. The van der Waals surface area contributed by atoms with Gasteiger partial charge in [-0.1, -0.05) is 36.4 Å². The number of hydrogen-bond acceptors (Lipinski definition) is 4. The van der Waals surface area contributed by atoms with Gasteiger partial charge in [-0.15, -0.1) is 0 Å². The fourth-order valence-electron chi connectivity index (χ4n) is 2.15. The van der Waals surface area contributed by atoms with Gasteiger partial charge in [-0.05, 0) is 11.6 Å². The van der Waals surface area contributed by atoms with Gasteiger partial charge in [-0.3, -0.25) is 4.98 Å². The molecule has 0 amide bonds. The van der Waals surface area contributed by atoms with Crippen LogP contribution >= 0.6 is 0 Å². The van der Waals surface area contributed by atoms with E-state index in [2.05, 4.69) is 32.4 Å². The van der Waals surface area contributed by atoms with Crippen LogP contribution in [0.4, 0.5) is 5.82 Å². The lowest BCUT2D eigenvalue weighted by molar-refractivity contribution is 0.966. The van der Waals surface area contributed by atoms with Gasteiger partial charge >= 0.3 is 0 Å². The van der Waals surface area contributed by atoms with E-state index in [-0.39, 0.29) is 0 Å². The van der Waals surface area contributed by atoms with Crippen molar-refractivity contribution < 1.29 is 0 Å². The Labute approximate surface area is 123 Å². The van der Waals surface area contributed by atoms with Crippen LogP contribution < -0.4 is 5.32 Å². The predicted molar refractivity (Wildman–Crippen MR) is 84.1 cm³/mol. The Hall–Kier alpha value is -2.75. The van der Waals surface area contributed by atoms with Gasteiger partial charge in [0.05, 0.1) is 5.69 Å². The van der Waals surface area contributed by atoms with E-state index >= 15 is 0 Å². The fourth-order valence-corrected chi connectivity index (χ4v) is 2.15. The zero-order valence-electron chi connectivity index (χ0n) is 11.8. The summed E-state index contributed by atoms with van der Waals surface area (Å²) in [5.74, 6) is 1.61. The molecule has 21 heavy (non-hydrogen) atoms. The average molecular weight is 276 g/mol. The lowest BCUT2D eigenvalue weighted by Gasteiger charge is -2.08. The van der Waals surface area contributed by atoms with Crippen molar-refractivity contribution in [1.82, 2.24) is 15.0 Å². The van der Waals surface area contributed by atoms with Crippen LogP contribution in [0, 0.1) is 0 Å². The third kappa shape index (κ3) is 3.23. The van der Waals surface area contributed by atoms with Crippen molar-refractivity contribution in [2.75, 3.05) is 12.4 Å². The molecule has 0 radical (unpaired) electrons. The number of anilines is 1. The first kappa shape index (κ1) is 13.2. The minimum atomic E-state index is 0.670. The van der Waals surface area contributed by atoms with E-state index in [4.69, 9.17) is 0 Å². The Balaban J connectivity index is 1.98. The molecule has 0 bridgehead atoms. The molecule has 0 fully saturated rings. The molecule has 0 atom stereocenters. The van der Waals surface area contributed by atoms with Crippen LogP contribution in [-0.2, 0) is 6.42 Å². The van der Waals surface area contributed by atoms with Crippen LogP contribution in [0.5, 0.6) is 0 Å². The van der Waals surface area contributed by atoms with Crippen LogP contribution in [0.1, 0.15) is 11.4 Å². The van der Waals surface area contributed by atoms with Crippen molar-refractivity contribution in [2.45, 2.75) is 6.42 Å². The fraction of sp³-hybridized carbons (Fsp3) is 0.118. The third-order valence-corrected chi connectivity index (χ3v) is 3.18. The molecule has 0 aliphatic carbocycles. The molecule has 0 aliphatic rings. The standard InChI is InChI=1S/C17H16N4/c1-18-16-11-15(14-7-3-2-4-8-14)20-17(21-16)10-13-6-5-9-19-12-13/h2-9,11-12H,10H2,1H3,(H,18,20,21). The summed E-state index contributed by atoms with van der Waals surface area (Å²) in [4.78, 5) is 13.3. The van der Waals surface area contributed by atoms with E-state index in [1.165, 1.54) is 0 Å². The van der Waals surface area contributed by atoms with Gasteiger partial charge in [-0.25, -0.2) is 9.97 Å². The number of aromatic nitrogens is 3. The quantitative estimate of drug-likeness (QED) is 0.795. The molecule has 0 unspecified atom stereocenters. The van der Waals surface area contributed by atoms with Crippen molar-refractivity contribution in [3.63, 3.8) is 0 Å². The van der Waals surface area contributed by atoms with E-state index < -0.39 is 0 Å². The summed E-state index contributed by atoms with van der Waals surface area (Å²) in [5, 5.41) is 3.10. The lowest BCUT2D eigenvalue weighted by atomic mass is 10.1. The molecule has 0 saturated heterocycles.